The monoisotopic (exact) mass is 286 g/mol. The first kappa shape index (κ1) is 13.4. The highest BCUT2D eigenvalue weighted by molar-refractivity contribution is 5.98. The van der Waals surface area contributed by atoms with Gasteiger partial charge in [0.15, 0.2) is 6.61 Å². The van der Waals surface area contributed by atoms with E-state index in [9.17, 15) is 9.18 Å². The first-order valence-corrected chi connectivity index (χ1v) is 6.62. The van der Waals surface area contributed by atoms with Crippen molar-refractivity contribution in [2.75, 3.05) is 17.2 Å². The second-order valence-electron chi connectivity index (χ2n) is 5.07. The number of anilines is 2. The van der Waals surface area contributed by atoms with Crippen molar-refractivity contribution in [3.05, 3.63) is 53.3 Å². The van der Waals surface area contributed by atoms with E-state index in [2.05, 4.69) is 0 Å². The van der Waals surface area contributed by atoms with Crippen molar-refractivity contribution < 1.29 is 13.9 Å². The van der Waals surface area contributed by atoms with E-state index in [-0.39, 0.29) is 18.3 Å². The van der Waals surface area contributed by atoms with Gasteiger partial charge in [-0.25, -0.2) is 4.39 Å². The van der Waals surface area contributed by atoms with Gasteiger partial charge in [-0.05, 0) is 42.3 Å². The minimum atomic E-state index is -0.311. The number of nitrogen functional groups attached to an aromatic ring is 1. The molecule has 108 valence electrons. The number of rotatable bonds is 2. The molecule has 3 rings (SSSR count). The van der Waals surface area contributed by atoms with E-state index < -0.39 is 0 Å². The molecule has 2 aromatic carbocycles. The van der Waals surface area contributed by atoms with Crippen molar-refractivity contribution in [2.45, 2.75) is 13.5 Å². The molecule has 1 aliphatic rings. The van der Waals surface area contributed by atoms with E-state index >= 15 is 0 Å². The van der Waals surface area contributed by atoms with E-state index in [1.807, 2.05) is 6.92 Å². The fraction of sp³-hybridized carbons (Fsp3) is 0.188. The minimum Gasteiger partial charge on any atom is -0.481 e. The molecule has 0 atom stereocenters. The van der Waals surface area contributed by atoms with Gasteiger partial charge in [0.25, 0.3) is 5.91 Å². The summed E-state index contributed by atoms with van der Waals surface area (Å²) in [5.74, 6) is 0.105. The largest absolute Gasteiger partial charge is 0.481 e. The zero-order valence-corrected chi connectivity index (χ0v) is 11.6. The standard InChI is InChI=1S/C16H15FN2O2/c1-10-2-3-12(17)6-11(10)8-19-14-5-4-13(18)7-15(14)21-9-16(19)20/h2-7H,8-9,18H2,1H3. The Bertz CT molecular complexity index is 715. The lowest BCUT2D eigenvalue weighted by molar-refractivity contribution is -0.121. The van der Waals surface area contributed by atoms with Crippen LogP contribution < -0.4 is 15.4 Å². The molecule has 0 fully saturated rings. The predicted molar refractivity (Wildman–Crippen MR) is 78.7 cm³/mol. The molecule has 0 aliphatic carbocycles. The molecule has 2 N–H and O–H groups in total. The topological polar surface area (TPSA) is 55.6 Å². The number of nitrogens with zero attached hydrogens (tertiary/aromatic N) is 1. The molecule has 2 aromatic rings. The third-order valence-corrected chi connectivity index (χ3v) is 3.57. The summed E-state index contributed by atoms with van der Waals surface area (Å²) in [4.78, 5) is 13.7. The molecular weight excluding hydrogens is 271 g/mol. The van der Waals surface area contributed by atoms with Crippen molar-refractivity contribution in [2.24, 2.45) is 0 Å². The second kappa shape index (κ2) is 5.09. The number of fused-ring (bicyclic) bond motifs is 1. The summed E-state index contributed by atoms with van der Waals surface area (Å²) in [6.45, 7) is 2.16. The number of halogens is 1. The molecular formula is C16H15FN2O2. The van der Waals surface area contributed by atoms with Crippen LogP contribution >= 0.6 is 0 Å². The number of amides is 1. The van der Waals surface area contributed by atoms with E-state index in [1.54, 1.807) is 29.2 Å². The van der Waals surface area contributed by atoms with Crippen LogP contribution in [0.1, 0.15) is 11.1 Å². The molecule has 1 aliphatic heterocycles. The Kier molecular flexibility index (Phi) is 3.25. The summed E-state index contributed by atoms with van der Waals surface area (Å²) in [7, 11) is 0. The highest BCUT2D eigenvalue weighted by Gasteiger charge is 2.26. The normalized spacial score (nSPS) is 13.8. The van der Waals surface area contributed by atoms with E-state index in [0.717, 1.165) is 11.1 Å². The number of nitrogens with two attached hydrogens (primary N) is 1. The zero-order valence-electron chi connectivity index (χ0n) is 11.6. The number of ether oxygens (including phenoxy) is 1. The first-order chi connectivity index (χ1) is 10.0. The SMILES string of the molecule is Cc1ccc(F)cc1CN1C(=O)COc2cc(N)ccc21. The maximum atomic E-state index is 13.4. The molecule has 21 heavy (non-hydrogen) atoms. The van der Waals surface area contributed by atoms with Gasteiger partial charge in [0.2, 0.25) is 0 Å². The van der Waals surface area contributed by atoms with Crippen molar-refractivity contribution in [3.8, 4) is 5.75 Å². The minimum absolute atomic E-state index is 0.0369. The number of hydrogen-bond donors (Lipinski definition) is 1. The van der Waals surface area contributed by atoms with E-state index in [1.165, 1.54) is 12.1 Å². The van der Waals surface area contributed by atoms with E-state index in [0.29, 0.717) is 23.7 Å². The number of carbonyl (C=O) groups is 1. The fourth-order valence-corrected chi connectivity index (χ4v) is 2.38. The van der Waals surface area contributed by atoms with Crippen LogP contribution in [-0.4, -0.2) is 12.5 Å². The van der Waals surface area contributed by atoms with Gasteiger partial charge in [0.1, 0.15) is 11.6 Å². The Morgan fingerprint density at radius 3 is 2.90 bits per heavy atom. The maximum absolute atomic E-state index is 13.4. The summed E-state index contributed by atoms with van der Waals surface area (Å²) in [6.07, 6.45) is 0. The van der Waals surface area contributed by atoms with Gasteiger partial charge in [-0.3, -0.25) is 4.79 Å². The van der Waals surface area contributed by atoms with Gasteiger partial charge >= 0.3 is 0 Å². The first-order valence-electron chi connectivity index (χ1n) is 6.62. The molecule has 0 aromatic heterocycles. The van der Waals surface area contributed by atoms with Crippen LogP contribution in [0.25, 0.3) is 0 Å². The predicted octanol–water partition coefficient (Wildman–Crippen LogP) is 2.64. The molecule has 0 saturated carbocycles. The molecule has 0 spiro atoms. The quantitative estimate of drug-likeness (QED) is 0.863. The van der Waals surface area contributed by atoms with Crippen LogP contribution in [0.4, 0.5) is 15.8 Å². The Labute approximate surface area is 121 Å². The molecule has 1 heterocycles. The zero-order chi connectivity index (χ0) is 15.0. The van der Waals surface area contributed by atoms with Crippen LogP contribution in [0.2, 0.25) is 0 Å². The highest BCUT2D eigenvalue weighted by atomic mass is 19.1. The maximum Gasteiger partial charge on any atom is 0.265 e. The van der Waals surface area contributed by atoms with Crippen LogP contribution in [-0.2, 0) is 11.3 Å². The van der Waals surface area contributed by atoms with Crippen LogP contribution in [0.3, 0.4) is 0 Å². The Morgan fingerprint density at radius 1 is 1.29 bits per heavy atom. The summed E-state index contributed by atoms with van der Waals surface area (Å²) in [5.41, 5.74) is 8.67. The average Bonchev–Trinajstić information content (AvgIpc) is 2.45. The molecule has 0 unspecified atom stereocenters. The van der Waals surface area contributed by atoms with Crippen molar-refractivity contribution >= 4 is 17.3 Å². The molecule has 4 nitrogen and oxygen atoms in total. The summed E-state index contributed by atoms with van der Waals surface area (Å²) < 4.78 is 18.8. The average molecular weight is 286 g/mol. The number of aryl methyl sites for hydroxylation is 1. The van der Waals surface area contributed by atoms with Crippen molar-refractivity contribution in [1.29, 1.82) is 0 Å². The van der Waals surface area contributed by atoms with Crippen molar-refractivity contribution in [3.63, 3.8) is 0 Å². The van der Waals surface area contributed by atoms with Gasteiger partial charge in [-0.15, -0.1) is 0 Å². The fourth-order valence-electron chi connectivity index (χ4n) is 2.38. The summed E-state index contributed by atoms with van der Waals surface area (Å²) in [6, 6.07) is 9.72. The number of benzene rings is 2. The third kappa shape index (κ3) is 2.54. The summed E-state index contributed by atoms with van der Waals surface area (Å²) in [5, 5.41) is 0. The van der Waals surface area contributed by atoms with Gasteiger partial charge < -0.3 is 15.4 Å². The van der Waals surface area contributed by atoms with E-state index in [4.69, 9.17) is 10.5 Å². The van der Waals surface area contributed by atoms with Crippen LogP contribution in [0, 0.1) is 12.7 Å². The number of hydrogen-bond acceptors (Lipinski definition) is 3. The third-order valence-electron chi connectivity index (χ3n) is 3.57. The molecule has 1 amide bonds. The Balaban J connectivity index is 1.98. The smallest absolute Gasteiger partial charge is 0.265 e. The lowest BCUT2D eigenvalue weighted by Gasteiger charge is -2.30. The second-order valence-corrected chi connectivity index (χ2v) is 5.07. The Hall–Kier alpha value is -2.56. The lowest BCUT2D eigenvalue weighted by Crippen LogP contribution is -2.38. The lowest BCUT2D eigenvalue weighted by atomic mass is 10.1. The van der Waals surface area contributed by atoms with Crippen molar-refractivity contribution in [1.82, 2.24) is 0 Å². The van der Waals surface area contributed by atoms with Gasteiger partial charge in [-0.2, -0.15) is 0 Å². The highest BCUT2D eigenvalue weighted by Crippen LogP contribution is 2.34. The molecule has 0 radical (unpaired) electrons. The van der Waals surface area contributed by atoms with Gasteiger partial charge in [0.05, 0.1) is 12.2 Å². The van der Waals surface area contributed by atoms with Gasteiger partial charge in [-0.1, -0.05) is 6.07 Å². The summed E-state index contributed by atoms with van der Waals surface area (Å²) >= 11 is 0. The molecule has 0 saturated heterocycles. The van der Waals surface area contributed by atoms with Crippen LogP contribution in [0.5, 0.6) is 5.75 Å². The van der Waals surface area contributed by atoms with Crippen LogP contribution in [0.15, 0.2) is 36.4 Å². The number of carbonyl (C=O) groups excluding carboxylic acids is 1. The Morgan fingerprint density at radius 2 is 2.10 bits per heavy atom. The molecule has 5 heteroatoms. The molecule has 0 bridgehead atoms. The van der Waals surface area contributed by atoms with Gasteiger partial charge in [0, 0.05) is 11.8 Å².